The van der Waals surface area contributed by atoms with E-state index < -0.39 is 5.97 Å². The number of hydrogen-bond acceptors (Lipinski definition) is 3. The van der Waals surface area contributed by atoms with Crippen LogP contribution in [0.1, 0.15) is 25.8 Å². The highest BCUT2D eigenvalue weighted by Gasteiger charge is 2.18. The van der Waals surface area contributed by atoms with Crippen LogP contribution in [0.3, 0.4) is 0 Å². The highest BCUT2D eigenvalue weighted by molar-refractivity contribution is 5.71. The Hall–Kier alpha value is -1.71. The van der Waals surface area contributed by atoms with E-state index in [2.05, 4.69) is 13.0 Å². The summed E-state index contributed by atoms with van der Waals surface area (Å²) in [6.07, 6.45) is 1.53. The largest absolute Gasteiger partial charge is 0.496 e. The van der Waals surface area contributed by atoms with Crippen LogP contribution in [0.25, 0.3) is 0 Å². The van der Waals surface area contributed by atoms with Gasteiger partial charge in [-0.2, -0.15) is 0 Å². The van der Waals surface area contributed by atoms with E-state index in [0.29, 0.717) is 13.0 Å². The number of hydrogen-bond donors (Lipinski definition) is 1. The molecule has 0 aliphatic rings. The van der Waals surface area contributed by atoms with Gasteiger partial charge in [0.25, 0.3) is 0 Å². The van der Waals surface area contributed by atoms with Gasteiger partial charge in [-0.1, -0.05) is 13.8 Å². The van der Waals surface area contributed by atoms with Gasteiger partial charge in [0.15, 0.2) is 0 Å². The summed E-state index contributed by atoms with van der Waals surface area (Å²) in [6.45, 7) is 4.49. The zero-order valence-corrected chi connectivity index (χ0v) is 12.1. The van der Waals surface area contributed by atoms with Gasteiger partial charge in [0.1, 0.15) is 5.75 Å². The topological polar surface area (TPSA) is 49.8 Å². The molecule has 1 aromatic carbocycles. The van der Waals surface area contributed by atoms with Crippen molar-refractivity contribution >= 4 is 11.7 Å². The maximum Gasteiger partial charge on any atom is 0.308 e. The van der Waals surface area contributed by atoms with Crippen molar-refractivity contribution in [2.45, 2.75) is 26.7 Å². The Labute approximate surface area is 115 Å². The van der Waals surface area contributed by atoms with E-state index in [9.17, 15) is 4.79 Å². The third-order valence-corrected chi connectivity index (χ3v) is 3.42. The van der Waals surface area contributed by atoms with Crippen molar-refractivity contribution in [1.82, 2.24) is 0 Å². The molecular weight excluding hydrogens is 242 g/mol. The lowest BCUT2D eigenvalue weighted by Crippen LogP contribution is -2.29. The molecule has 1 atom stereocenters. The minimum atomic E-state index is -0.737. The van der Waals surface area contributed by atoms with Crippen molar-refractivity contribution in [2.75, 3.05) is 25.6 Å². The van der Waals surface area contributed by atoms with Crippen LogP contribution in [0, 0.1) is 5.92 Å². The van der Waals surface area contributed by atoms with Gasteiger partial charge in [0, 0.05) is 19.3 Å². The molecule has 0 bridgehead atoms. The van der Waals surface area contributed by atoms with Crippen molar-refractivity contribution in [3.05, 3.63) is 23.8 Å². The molecule has 0 heterocycles. The summed E-state index contributed by atoms with van der Waals surface area (Å²) in [7, 11) is 3.59. The average Bonchev–Trinajstić information content (AvgIpc) is 2.43. The highest BCUT2D eigenvalue weighted by atomic mass is 16.5. The maximum atomic E-state index is 11.1. The molecule has 19 heavy (non-hydrogen) atoms. The van der Waals surface area contributed by atoms with E-state index in [1.54, 1.807) is 7.11 Å². The first kappa shape index (κ1) is 15.3. The van der Waals surface area contributed by atoms with Crippen molar-refractivity contribution in [2.24, 2.45) is 5.92 Å². The number of carboxylic acid groups (broad SMARTS) is 1. The molecule has 0 saturated carbocycles. The van der Waals surface area contributed by atoms with Gasteiger partial charge in [-0.15, -0.1) is 0 Å². The van der Waals surface area contributed by atoms with Crippen LogP contribution in [-0.4, -0.2) is 31.8 Å². The van der Waals surface area contributed by atoms with E-state index in [4.69, 9.17) is 9.84 Å². The minimum Gasteiger partial charge on any atom is -0.496 e. The monoisotopic (exact) mass is 265 g/mol. The summed E-state index contributed by atoms with van der Waals surface area (Å²) >= 11 is 0. The molecular formula is C15H23NO3. The molecule has 0 saturated heterocycles. The molecule has 0 spiro atoms. The van der Waals surface area contributed by atoms with Gasteiger partial charge >= 0.3 is 5.97 Å². The summed E-state index contributed by atoms with van der Waals surface area (Å²) < 4.78 is 5.30. The Balaban J connectivity index is 2.87. The van der Waals surface area contributed by atoms with Crippen molar-refractivity contribution in [1.29, 1.82) is 0 Å². The van der Waals surface area contributed by atoms with E-state index in [0.717, 1.165) is 23.4 Å². The molecule has 1 rings (SSSR count). The second-order valence-electron chi connectivity index (χ2n) is 4.67. The number of ether oxygens (including phenoxy) is 1. The second kappa shape index (κ2) is 7.02. The summed E-state index contributed by atoms with van der Waals surface area (Å²) in [5.74, 6) is -0.194. The van der Waals surface area contributed by atoms with E-state index in [1.807, 2.05) is 31.0 Å². The molecule has 1 aromatic rings. The number of benzene rings is 1. The highest BCUT2D eigenvalue weighted by Crippen LogP contribution is 2.25. The molecule has 0 aliphatic carbocycles. The van der Waals surface area contributed by atoms with Gasteiger partial charge in [-0.25, -0.2) is 0 Å². The lowest BCUT2D eigenvalue weighted by Gasteiger charge is -2.23. The lowest BCUT2D eigenvalue weighted by atomic mass is 10.1. The summed E-state index contributed by atoms with van der Waals surface area (Å²) in [5, 5.41) is 9.11. The quantitative estimate of drug-likeness (QED) is 0.823. The third kappa shape index (κ3) is 3.88. The molecule has 1 unspecified atom stereocenters. The van der Waals surface area contributed by atoms with Gasteiger partial charge in [0.05, 0.1) is 13.0 Å². The fraction of sp³-hybridized carbons (Fsp3) is 0.533. The normalized spacial score (nSPS) is 12.0. The Bertz CT molecular complexity index is 431. The SMILES string of the molecule is CCc1cc(N(C)CC(CC)C(=O)O)ccc1OC. The molecule has 106 valence electrons. The maximum absolute atomic E-state index is 11.1. The van der Waals surface area contributed by atoms with Crippen LogP contribution in [0.2, 0.25) is 0 Å². The predicted octanol–water partition coefficient (Wildman–Crippen LogP) is 2.80. The van der Waals surface area contributed by atoms with Crippen LogP contribution in [0.5, 0.6) is 5.75 Å². The first-order valence-corrected chi connectivity index (χ1v) is 6.64. The average molecular weight is 265 g/mol. The number of methoxy groups -OCH3 is 1. The first-order valence-electron chi connectivity index (χ1n) is 6.64. The zero-order valence-electron chi connectivity index (χ0n) is 12.1. The van der Waals surface area contributed by atoms with Crippen molar-refractivity contribution in [3.8, 4) is 5.75 Å². The minimum absolute atomic E-state index is 0.336. The Morgan fingerprint density at radius 3 is 2.58 bits per heavy atom. The van der Waals surface area contributed by atoms with Crippen LogP contribution < -0.4 is 9.64 Å². The Morgan fingerprint density at radius 2 is 2.11 bits per heavy atom. The van der Waals surface area contributed by atoms with E-state index >= 15 is 0 Å². The number of aryl methyl sites for hydroxylation is 1. The smallest absolute Gasteiger partial charge is 0.308 e. The van der Waals surface area contributed by atoms with Crippen LogP contribution in [0.15, 0.2) is 18.2 Å². The van der Waals surface area contributed by atoms with Crippen molar-refractivity contribution in [3.63, 3.8) is 0 Å². The number of nitrogens with zero attached hydrogens (tertiary/aromatic N) is 1. The third-order valence-electron chi connectivity index (χ3n) is 3.42. The van der Waals surface area contributed by atoms with E-state index in [1.165, 1.54) is 0 Å². The molecule has 1 N–H and O–H groups in total. The summed E-state index contributed by atoms with van der Waals surface area (Å²) in [4.78, 5) is 13.1. The summed E-state index contributed by atoms with van der Waals surface area (Å²) in [6, 6.07) is 5.96. The fourth-order valence-electron chi connectivity index (χ4n) is 2.10. The van der Waals surface area contributed by atoms with Crippen LogP contribution in [0.4, 0.5) is 5.69 Å². The van der Waals surface area contributed by atoms with E-state index in [-0.39, 0.29) is 5.92 Å². The standard InChI is InChI=1S/C15H23NO3/c1-5-11-9-13(7-8-14(11)19-4)16(3)10-12(6-2)15(17)18/h7-9,12H,5-6,10H2,1-4H3,(H,17,18). The number of rotatable bonds is 7. The van der Waals surface area contributed by atoms with Gasteiger partial charge in [-0.3, -0.25) is 4.79 Å². The molecule has 4 heteroatoms. The molecule has 0 fully saturated rings. The zero-order chi connectivity index (χ0) is 14.4. The van der Waals surface area contributed by atoms with Crippen molar-refractivity contribution < 1.29 is 14.6 Å². The molecule has 0 radical (unpaired) electrons. The second-order valence-corrected chi connectivity index (χ2v) is 4.67. The summed E-state index contributed by atoms with van der Waals surface area (Å²) in [5.41, 5.74) is 2.16. The van der Waals surface area contributed by atoms with Gasteiger partial charge in [-0.05, 0) is 36.6 Å². The first-order chi connectivity index (χ1) is 9.03. The molecule has 0 aliphatic heterocycles. The Kier molecular flexibility index (Phi) is 5.67. The fourth-order valence-corrected chi connectivity index (χ4v) is 2.10. The van der Waals surface area contributed by atoms with Gasteiger partial charge in [0.2, 0.25) is 0 Å². The molecule has 0 amide bonds. The Morgan fingerprint density at radius 1 is 1.42 bits per heavy atom. The number of carboxylic acids is 1. The molecule has 4 nitrogen and oxygen atoms in total. The predicted molar refractivity (Wildman–Crippen MR) is 77.1 cm³/mol. The van der Waals surface area contributed by atoms with Gasteiger partial charge < -0.3 is 14.7 Å². The molecule has 0 aromatic heterocycles. The number of anilines is 1. The lowest BCUT2D eigenvalue weighted by molar-refractivity contribution is -0.141. The number of carbonyl (C=O) groups is 1. The van der Waals surface area contributed by atoms with Crippen LogP contribution >= 0.6 is 0 Å². The number of aliphatic carboxylic acids is 1. The van der Waals surface area contributed by atoms with Crippen LogP contribution in [-0.2, 0) is 11.2 Å².